The number of nitrogens with zero attached hydrogens (tertiary/aromatic N) is 1. The van der Waals surface area contributed by atoms with Gasteiger partial charge in [0, 0.05) is 32.0 Å². The van der Waals surface area contributed by atoms with Gasteiger partial charge in [-0.05, 0) is 31.9 Å². The predicted molar refractivity (Wildman–Crippen MR) is 97.9 cm³/mol. The van der Waals surface area contributed by atoms with Crippen LogP contribution in [0.4, 0.5) is 0 Å². The number of aliphatic imine (C=N–C) groups is 1. The van der Waals surface area contributed by atoms with Gasteiger partial charge in [-0.25, -0.2) is 0 Å². The molecule has 6 heteroatoms. The smallest absolute Gasteiger partial charge is 0.191 e. The first-order valence-corrected chi connectivity index (χ1v) is 8.29. The van der Waals surface area contributed by atoms with Gasteiger partial charge < -0.3 is 15.7 Å². The molecule has 0 saturated carbocycles. The van der Waals surface area contributed by atoms with Crippen molar-refractivity contribution < 1.29 is 5.11 Å². The van der Waals surface area contributed by atoms with Crippen molar-refractivity contribution in [3.05, 3.63) is 0 Å². The van der Waals surface area contributed by atoms with E-state index in [0.29, 0.717) is 5.92 Å². The second-order valence-electron chi connectivity index (χ2n) is 4.31. The van der Waals surface area contributed by atoms with E-state index in [1.54, 1.807) is 0 Å². The van der Waals surface area contributed by atoms with Crippen LogP contribution in [-0.2, 0) is 0 Å². The molecule has 19 heavy (non-hydrogen) atoms. The van der Waals surface area contributed by atoms with Gasteiger partial charge in [-0.15, -0.1) is 24.0 Å². The van der Waals surface area contributed by atoms with Gasteiger partial charge in [-0.2, -0.15) is 11.8 Å². The van der Waals surface area contributed by atoms with Gasteiger partial charge >= 0.3 is 0 Å². The average Bonchev–Trinajstić information content (AvgIpc) is 2.36. The largest absolute Gasteiger partial charge is 0.396 e. The predicted octanol–water partition coefficient (Wildman–Crippen LogP) is 2.32. The Hall–Kier alpha value is 0.310. The van der Waals surface area contributed by atoms with Crippen LogP contribution in [0.1, 0.15) is 33.1 Å². The minimum atomic E-state index is 0. The van der Waals surface area contributed by atoms with Gasteiger partial charge in [0.05, 0.1) is 0 Å². The quantitative estimate of drug-likeness (QED) is 0.227. The molecule has 0 spiro atoms. The van der Waals surface area contributed by atoms with E-state index in [1.165, 1.54) is 0 Å². The summed E-state index contributed by atoms with van der Waals surface area (Å²) in [7, 11) is 0. The summed E-state index contributed by atoms with van der Waals surface area (Å²) in [5.74, 6) is 2.47. The molecule has 0 aromatic heterocycles. The number of aliphatic hydroxyl groups is 1. The second kappa shape index (κ2) is 16.4. The summed E-state index contributed by atoms with van der Waals surface area (Å²) < 4.78 is 0. The van der Waals surface area contributed by atoms with E-state index in [1.807, 2.05) is 11.8 Å². The molecule has 1 atom stereocenters. The zero-order chi connectivity index (χ0) is 13.6. The number of rotatable bonds is 10. The molecule has 0 heterocycles. The highest BCUT2D eigenvalue weighted by atomic mass is 127. The molecule has 0 fully saturated rings. The molecule has 0 rings (SSSR count). The van der Waals surface area contributed by atoms with Crippen molar-refractivity contribution in [2.45, 2.75) is 33.1 Å². The van der Waals surface area contributed by atoms with E-state index in [4.69, 9.17) is 5.11 Å². The van der Waals surface area contributed by atoms with Crippen molar-refractivity contribution in [1.29, 1.82) is 0 Å². The van der Waals surface area contributed by atoms with Crippen molar-refractivity contribution in [3.63, 3.8) is 0 Å². The summed E-state index contributed by atoms with van der Waals surface area (Å²) in [6, 6.07) is 0. The topological polar surface area (TPSA) is 56.7 Å². The van der Waals surface area contributed by atoms with Crippen LogP contribution >= 0.6 is 35.7 Å². The van der Waals surface area contributed by atoms with Crippen LogP contribution in [0.3, 0.4) is 0 Å². The fourth-order valence-electron chi connectivity index (χ4n) is 1.75. The lowest BCUT2D eigenvalue weighted by atomic mass is 10.0. The number of thioether (sulfide) groups is 1. The maximum atomic E-state index is 9.02. The lowest BCUT2D eigenvalue weighted by Gasteiger charge is -2.15. The molecule has 0 aliphatic carbocycles. The molecule has 0 radical (unpaired) electrons. The lowest BCUT2D eigenvalue weighted by Crippen LogP contribution is -2.38. The highest BCUT2D eigenvalue weighted by molar-refractivity contribution is 14.0. The van der Waals surface area contributed by atoms with Gasteiger partial charge in [0.1, 0.15) is 0 Å². The molecule has 0 bridgehead atoms. The molecule has 0 amide bonds. The van der Waals surface area contributed by atoms with Crippen molar-refractivity contribution in [1.82, 2.24) is 10.6 Å². The third kappa shape index (κ3) is 13.1. The van der Waals surface area contributed by atoms with Gasteiger partial charge in [-0.1, -0.05) is 13.3 Å². The van der Waals surface area contributed by atoms with E-state index in [9.17, 15) is 0 Å². The number of halogens is 1. The molecular formula is C13H30IN3OS. The first-order chi connectivity index (χ1) is 8.78. The lowest BCUT2D eigenvalue weighted by molar-refractivity contribution is 0.253. The molecule has 4 nitrogen and oxygen atoms in total. The first kappa shape index (κ1) is 21.6. The Labute approximate surface area is 139 Å². The van der Waals surface area contributed by atoms with Crippen LogP contribution in [-0.4, -0.2) is 49.3 Å². The Bertz CT molecular complexity index is 212. The van der Waals surface area contributed by atoms with Crippen molar-refractivity contribution in [3.8, 4) is 0 Å². The molecular weight excluding hydrogens is 373 g/mol. The fraction of sp³-hybridized carbons (Fsp3) is 0.923. The van der Waals surface area contributed by atoms with Gasteiger partial charge in [-0.3, -0.25) is 4.99 Å². The molecule has 3 N–H and O–H groups in total. The highest BCUT2D eigenvalue weighted by Crippen LogP contribution is 2.10. The Morgan fingerprint density at radius 3 is 2.53 bits per heavy atom. The van der Waals surface area contributed by atoms with Gasteiger partial charge in [0.2, 0.25) is 0 Å². The van der Waals surface area contributed by atoms with Gasteiger partial charge in [0.25, 0.3) is 0 Å². The molecule has 0 aliphatic rings. The highest BCUT2D eigenvalue weighted by Gasteiger charge is 2.07. The van der Waals surface area contributed by atoms with Crippen LogP contribution in [0.25, 0.3) is 0 Å². The second-order valence-corrected chi connectivity index (χ2v) is 5.29. The van der Waals surface area contributed by atoms with Crippen LogP contribution in [0, 0.1) is 5.92 Å². The summed E-state index contributed by atoms with van der Waals surface area (Å²) in [6.07, 6.45) is 5.23. The summed E-state index contributed by atoms with van der Waals surface area (Å²) in [5, 5.41) is 15.6. The van der Waals surface area contributed by atoms with Crippen LogP contribution in [0.5, 0.6) is 0 Å². The third-order valence-corrected chi connectivity index (χ3v) is 3.30. The number of hydrogen-bond acceptors (Lipinski definition) is 3. The molecule has 0 aliphatic heterocycles. The number of nitrogens with one attached hydrogen (secondary N) is 2. The fourth-order valence-corrected chi connectivity index (χ4v) is 2.06. The Kier molecular flexibility index (Phi) is 18.6. The SMILES string of the molecule is CCCC(CCO)CN=C(NCC)NCCSC.I. The average molecular weight is 403 g/mol. The summed E-state index contributed by atoms with van der Waals surface area (Å²) >= 11 is 1.82. The Morgan fingerprint density at radius 2 is 2.00 bits per heavy atom. The van der Waals surface area contributed by atoms with Crippen molar-refractivity contribution >= 4 is 41.7 Å². The monoisotopic (exact) mass is 403 g/mol. The van der Waals surface area contributed by atoms with E-state index in [0.717, 1.165) is 50.6 Å². The Balaban J connectivity index is 0. The van der Waals surface area contributed by atoms with Crippen LogP contribution in [0.2, 0.25) is 0 Å². The molecule has 0 aromatic carbocycles. The van der Waals surface area contributed by atoms with Crippen molar-refractivity contribution in [2.24, 2.45) is 10.9 Å². The normalized spacial score (nSPS) is 12.7. The maximum absolute atomic E-state index is 9.02. The first-order valence-electron chi connectivity index (χ1n) is 6.90. The number of guanidine groups is 1. The van der Waals surface area contributed by atoms with E-state index < -0.39 is 0 Å². The summed E-state index contributed by atoms with van der Waals surface area (Å²) in [4.78, 5) is 4.60. The number of hydrogen-bond donors (Lipinski definition) is 3. The van der Waals surface area contributed by atoms with Gasteiger partial charge in [0.15, 0.2) is 5.96 Å². The molecule has 0 aromatic rings. The minimum Gasteiger partial charge on any atom is -0.396 e. The molecule has 0 saturated heterocycles. The molecule has 116 valence electrons. The Morgan fingerprint density at radius 1 is 1.26 bits per heavy atom. The number of aliphatic hydroxyl groups excluding tert-OH is 1. The summed E-state index contributed by atoms with van der Waals surface area (Å²) in [6.45, 7) is 7.12. The third-order valence-electron chi connectivity index (χ3n) is 2.68. The van der Waals surface area contributed by atoms with E-state index in [-0.39, 0.29) is 30.6 Å². The van der Waals surface area contributed by atoms with Crippen LogP contribution in [0.15, 0.2) is 4.99 Å². The standard InChI is InChI=1S/C13H29N3OS.HI/c1-4-6-12(7-9-17)11-16-13(14-5-2)15-8-10-18-3;/h12,17H,4-11H2,1-3H3,(H2,14,15,16);1H. The zero-order valence-electron chi connectivity index (χ0n) is 12.4. The van der Waals surface area contributed by atoms with E-state index >= 15 is 0 Å². The molecule has 1 unspecified atom stereocenters. The van der Waals surface area contributed by atoms with Crippen LogP contribution < -0.4 is 10.6 Å². The zero-order valence-corrected chi connectivity index (χ0v) is 15.6. The van der Waals surface area contributed by atoms with Crippen molar-refractivity contribution in [2.75, 3.05) is 38.2 Å². The maximum Gasteiger partial charge on any atom is 0.191 e. The van der Waals surface area contributed by atoms with E-state index in [2.05, 4.69) is 35.7 Å². The summed E-state index contributed by atoms with van der Waals surface area (Å²) in [5.41, 5.74) is 0. The minimum absolute atomic E-state index is 0.